The lowest BCUT2D eigenvalue weighted by Crippen LogP contribution is -2.63. The van der Waals surface area contributed by atoms with Crippen LogP contribution in [0, 0.1) is 0 Å². The number of hydrogen-bond donors (Lipinski definition) is 1. The van der Waals surface area contributed by atoms with Crippen LogP contribution in [0.5, 0.6) is 0 Å². The molecule has 2 fully saturated rings. The molecular weight excluding hydrogens is 364 g/mol. The second-order valence-electron chi connectivity index (χ2n) is 8.88. The van der Waals surface area contributed by atoms with Crippen LogP contribution in [0.1, 0.15) is 86.6 Å². The van der Waals surface area contributed by atoms with Gasteiger partial charge in [0.1, 0.15) is 0 Å². The molecule has 0 aromatic heterocycles. The Hall–Kier alpha value is -1.88. The molecule has 5 nitrogen and oxygen atoms in total. The van der Waals surface area contributed by atoms with E-state index in [9.17, 15) is 9.59 Å². The van der Waals surface area contributed by atoms with Crippen molar-refractivity contribution in [3.8, 4) is 0 Å². The number of ether oxygens (including phenoxy) is 1. The average Bonchev–Trinajstić information content (AvgIpc) is 3.27. The van der Waals surface area contributed by atoms with Gasteiger partial charge in [-0.1, -0.05) is 50.8 Å². The first-order valence-electron chi connectivity index (χ1n) is 11.5. The summed E-state index contributed by atoms with van der Waals surface area (Å²) in [6.45, 7) is 4.24. The molecule has 2 atom stereocenters. The fourth-order valence-electron chi connectivity index (χ4n) is 5.61. The van der Waals surface area contributed by atoms with E-state index < -0.39 is 0 Å². The largest absolute Gasteiger partial charge is 0.376 e. The summed E-state index contributed by atoms with van der Waals surface area (Å²) in [7, 11) is 0. The molecule has 0 unspecified atom stereocenters. The summed E-state index contributed by atoms with van der Waals surface area (Å²) < 4.78 is 5.71. The zero-order chi connectivity index (χ0) is 20.3. The highest BCUT2D eigenvalue weighted by Gasteiger charge is 2.54. The monoisotopic (exact) mass is 398 g/mol. The van der Waals surface area contributed by atoms with Gasteiger partial charge in [0.05, 0.1) is 17.6 Å². The summed E-state index contributed by atoms with van der Waals surface area (Å²) in [5, 5.41) is 3.20. The van der Waals surface area contributed by atoms with Crippen molar-refractivity contribution in [1.29, 1.82) is 0 Å². The first kappa shape index (κ1) is 20.4. The normalized spacial score (nSPS) is 25.8. The van der Waals surface area contributed by atoms with Gasteiger partial charge in [0.15, 0.2) is 0 Å². The molecule has 1 N–H and O–H groups in total. The van der Waals surface area contributed by atoms with Crippen molar-refractivity contribution in [3.05, 3.63) is 35.4 Å². The summed E-state index contributed by atoms with van der Waals surface area (Å²) >= 11 is 0. The van der Waals surface area contributed by atoms with Crippen molar-refractivity contribution in [1.82, 2.24) is 10.2 Å². The Bertz CT molecular complexity index is 735. The van der Waals surface area contributed by atoms with Crippen LogP contribution in [0.25, 0.3) is 0 Å². The molecule has 1 aromatic carbocycles. The van der Waals surface area contributed by atoms with Crippen molar-refractivity contribution in [3.63, 3.8) is 0 Å². The highest BCUT2D eigenvalue weighted by atomic mass is 16.5. The predicted molar refractivity (Wildman–Crippen MR) is 113 cm³/mol. The average molecular weight is 399 g/mol. The molecular formula is C24H34N2O3. The second kappa shape index (κ2) is 8.86. The highest BCUT2D eigenvalue weighted by molar-refractivity contribution is 6.02. The predicted octanol–water partition coefficient (Wildman–Crippen LogP) is 4.02. The van der Waals surface area contributed by atoms with Gasteiger partial charge in [-0.15, -0.1) is 0 Å². The number of unbranched alkanes of at least 4 members (excludes halogenated alkanes) is 1. The van der Waals surface area contributed by atoms with Crippen molar-refractivity contribution in [2.45, 2.75) is 82.3 Å². The SMILES string of the molecule is CCCCN1C(=O)c2ccccc2[C@@H](C(=O)NC[C@H]2CCCO2)C12CCCCC2. The summed E-state index contributed by atoms with van der Waals surface area (Å²) in [4.78, 5) is 29.2. The number of fused-ring (bicyclic) bond motifs is 1. The summed E-state index contributed by atoms with van der Waals surface area (Å²) in [5.41, 5.74) is 1.23. The fourth-order valence-corrected chi connectivity index (χ4v) is 5.61. The Labute approximate surface area is 174 Å². The van der Waals surface area contributed by atoms with E-state index in [0.29, 0.717) is 12.1 Å². The van der Waals surface area contributed by atoms with E-state index in [1.807, 2.05) is 24.3 Å². The van der Waals surface area contributed by atoms with Gasteiger partial charge in [-0.05, 0) is 43.7 Å². The molecule has 0 radical (unpaired) electrons. The lowest BCUT2D eigenvalue weighted by Gasteiger charge is -2.54. The van der Waals surface area contributed by atoms with E-state index in [0.717, 1.165) is 70.1 Å². The number of carbonyl (C=O) groups is 2. The number of nitrogens with zero attached hydrogens (tertiary/aromatic N) is 1. The lowest BCUT2D eigenvalue weighted by molar-refractivity contribution is -0.127. The van der Waals surface area contributed by atoms with Crippen LogP contribution in [0.3, 0.4) is 0 Å². The maximum atomic E-state index is 13.6. The molecule has 29 heavy (non-hydrogen) atoms. The van der Waals surface area contributed by atoms with Gasteiger partial charge in [0.25, 0.3) is 5.91 Å². The van der Waals surface area contributed by atoms with Crippen LogP contribution in [0.2, 0.25) is 0 Å². The maximum absolute atomic E-state index is 13.6. The zero-order valence-corrected chi connectivity index (χ0v) is 17.6. The first-order chi connectivity index (χ1) is 14.2. The molecule has 5 heteroatoms. The number of carbonyl (C=O) groups excluding carboxylic acids is 2. The Balaban J connectivity index is 1.70. The summed E-state index contributed by atoms with van der Waals surface area (Å²) in [5.74, 6) is -0.127. The quantitative estimate of drug-likeness (QED) is 0.787. The minimum absolute atomic E-state index is 0.0591. The van der Waals surface area contributed by atoms with Gasteiger partial charge in [-0.2, -0.15) is 0 Å². The molecule has 1 spiro atoms. The van der Waals surface area contributed by atoms with Crippen LogP contribution in [0.15, 0.2) is 24.3 Å². The molecule has 2 amide bonds. The van der Waals surface area contributed by atoms with Gasteiger partial charge in [0.2, 0.25) is 5.91 Å². The molecule has 4 rings (SSSR count). The van der Waals surface area contributed by atoms with Crippen LogP contribution in [0.4, 0.5) is 0 Å². The third-order valence-corrected chi connectivity index (χ3v) is 7.07. The highest BCUT2D eigenvalue weighted by Crippen LogP contribution is 2.49. The first-order valence-corrected chi connectivity index (χ1v) is 11.5. The third kappa shape index (κ3) is 3.81. The van der Waals surface area contributed by atoms with E-state index >= 15 is 0 Å². The van der Waals surface area contributed by atoms with Crippen molar-refractivity contribution < 1.29 is 14.3 Å². The van der Waals surface area contributed by atoms with Crippen molar-refractivity contribution in [2.75, 3.05) is 19.7 Å². The van der Waals surface area contributed by atoms with E-state index in [1.54, 1.807) is 0 Å². The van der Waals surface area contributed by atoms with E-state index in [4.69, 9.17) is 4.74 Å². The number of hydrogen-bond acceptors (Lipinski definition) is 3. The Morgan fingerprint density at radius 2 is 2.00 bits per heavy atom. The van der Waals surface area contributed by atoms with Crippen LogP contribution in [-0.2, 0) is 9.53 Å². The minimum Gasteiger partial charge on any atom is -0.376 e. The van der Waals surface area contributed by atoms with Crippen molar-refractivity contribution >= 4 is 11.8 Å². The molecule has 158 valence electrons. The fraction of sp³-hybridized carbons (Fsp3) is 0.667. The standard InChI is InChI=1S/C24H34N2O3/c1-2-3-15-26-23(28)20-12-6-5-11-19(20)21(24(26)13-7-4-8-14-24)22(27)25-17-18-10-9-16-29-18/h5-6,11-12,18,21H,2-4,7-10,13-17H2,1H3,(H,25,27)/t18-,21+/m1/s1. The van der Waals surface area contributed by atoms with E-state index in [-0.39, 0.29) is 29.4 Å². The Morgan fingerprint density at radius 1 is 1.21 bits per heavy atom. The maximum Gasteiger partial charge on any atom is 0.254 e. The minimum atomic E-state index is -0.389. The summed E-state index contributed by atoms with van der Waals surface area (Å²) in [6, 6.07) is 7.77. The number of benzene rings is 1. The van der Waals surface area contributed by atoms with Crippen LogP contribution >= 0.6 is 0 Å². The van der Waals surface area contributed by atoms with Crippen LogP contribution < -0.4 is 5.32 Å². The second-order valence-corrected chi connectivity index (χ2v) is 8.88. The van der Waals surface area contributed by atoms with Gasteiger partial charge < -0.3 is 15.0 Å². The number of nitrogens with one attached hydrogen (secondary N) is 1. The van der Waals surface area contributed by atoms with Gasteiger partial charge in [-0.25, -0.2) is 0 Å². The topological polar surface area (TPSA) is 58.6 Å². The van der Waals surface area contributed by atoms with Crippen molar-refractivity contribution in [2.24, 2.45) is 0 Å². The molecule has 1 aliphatic carbocycles. The smallest absolute Gasteiger partial charge is 0.254 e. The van der Waals surface area contributed by atoms with Gasteiger partial charge in [-0.3, -0.25) is 9.59 Å². The lowest BCUT2D eigenvalue weighted by atomic mass is 9.65. The zero-order valence-electron chi connectivity index (χ0n) is 17.6. The number of rotatable bonds is 6. The molecule has 1 saturated heterocycles. The molecule has 2 heterocycles. The van der Waals surface area contributed by atoms with Crippen LogP contribution in [-0.4, -0.2) is 48.1 Å². The Kier molecular flexibility index (Phi) is 6.23. The Morgan fingerprint density at radius 3 is 2.72 bits per heavy atom. The molecule has 0 bridgehead atoms. The molecule has 1 saturated carbocycles. The molecule has 1 aromatic rings. The summed E-state index contributed by atoms with van der Waals surface area (Å²) in [6.07, 6.45) is 9.37. The molecule has 3 aliphatic rings. The van der Waals surface area contributed by atoms with Gasteiger partial charge >= 0.3 is 0 Å². The third-order valence-electron chi connectivity index (χ3n) is 7.07. The van der Waals surface area contributed by atoms with E-state index in [1.165, 1.54) is 6.42 Å². The van der Waals surface area contributed by atoms with E-state index in [2.05, 4.69) is 17.1 Å². The molecule has 2 aliphatic heterocycles. The van der Waals surface area contributed by atoms with Gasteiger partial charge in [0, 0.05) is 25.3 Å². The number of amides is 2.